The predicted molar refractivity (Wildman–Crippen MR) is 95.3 cm³/mol. The van der Waals surface area contributed by atoms with Crippen molar-refractivity contribution in [2.45, 2.75) is 16.2 Å². The summed E-state index contributed by atoms with van der Waals surface area (Å²) >= 11 is 6.09. The molecule has 0 unspecified atom stereocenters. The minimum absolute atomic E-state index is 0.251. The van der Waals surface area contributed by atoms with E-state index in [0.29, 0.717) is 35.9 Å². The molecule has 1 aliphatic rings. The summed E-state index contributed by atoms with van der Waals surface area (Å²) in [5.41, 5.74) is 1.20. The monoisotopic (exact) mass is 366 g/mol. The van der Waals surface area contributed by atoms with E-state index in [-0.39, 0.29) is 14.4 Å². The second kappa shape index (κ2) is 6.04. The highest BCUT2D eigenvalue weighted by atomic mass is 35.5. The highest BCUT2D eigenvalue weighted by molar-refractivity contribution is 7.92. The summed E-state index contributed by atoms with van der Waals surface area (Å²) in [5, 5.41) is 12.3. The van der Waals surface area contributed by atoms with Crippen LogP contribution < -0.4 is 4.90 Å². The quantitative estimate of drug-likeness (QED) is 0.612. The van der Waals surface area contributed by atoms with Gasteiger partial charge in [0.25, 0.3) is 0 Å². The Morgan fingerprint density at radius 2 is 1.75 bits per heavy atom. The van der Waals surface area contributed by atoms with Gasteiger partial charge in [-0.15, -0.1) is 0 Å². The Hall–Kier alpha value is -1.60. The van der Waals surface area contributed by atoms with Gasteiger partial charge in [0, 0.05) is 18.0 Å². The molecule has 2 aromatic rings. The first-order valence-electron chi connectivity index (χ1n) is 7.65. The molecule has 24 heavy (non-hydrogen) atoms. The maximum absolute atomic E-state index is 12.9. The van der Waals surface area contributed by atoms with E-state index in [0.717, 1.165) is 0 Å². The molecule has 2 aromatic carbocycles. The third kappa shape index (κ3) is 3.15. The van der Waals surface area contributed by atoms with Gasteiger partial charge in [-0.05, 0) is 30.3 Å². The molecule has 0 bridgehead atoms. The highest BCUT2D eigenvalue weighted by Gasteiger charge is 2.33. The van der Waals surface area contributed by atoms with Gasteiger partial charge in [0.15, 0.2) is 0 Å². The average molecular weight is 367 g/mol. The standard InChI is InChI=1S/C17H19ClN2O3S/c1-20(2,21)11-5-10-19-14-6-3-4-7-16(14)24(22,23)17-9-8-13(18)12-15(17)19/h3-4,6-9,12H,5,10-11H2,1-2H3. The van der Waals surface area contributed by atoms with Crippen molar-refractivity contribution in [3.63, 3.8) is 0 Å². The van der Waals surface area contributed by atoms with Gasteiger partial charge in [0.05, 0.1) is 41.8 Å². The van der Waals surface area contributed by atoms with Crippen LogP contribution in [0.2, 0.25) is 5.02 Å². The lowest BCUT2D eigenvalue weighted by atomic mass is 10.2. The van der Waals surface area contributed by atoms with E-state index in [1.165, 1.54) is 0 Å². The molecule has 7 heteroatoms. The topological polar surface area (TPSA) is 60.4 Å². The maximum Gasteiger partial charge on any atom is 0.210 e. The van der Waals surface area contributed by atoms with Crippen molar-refractivity contribution in [2.24, 2.45) is 0 Å². The number of para-hydroxylation sites is 1. The SMILES string of the molecule is C[N+](C)([O-])CCCN1c2ccccc2S(=O)(=O)c2ccc(Cl)cc21. The molecule has 0 spiro atoms. The van der Waals surface area contributed by atoms with E-state index in [4.69, 9.17) is 11.6 Å². The summed E-state index contributed by atoms with van der Waals surface area (Å²) in [6.07, 6.45) is 0.636. The van der Waals surface area contributed by atoms with Crippen LogP contribution in [-0.4, -0.2) is 40.2 Å². The van der Waals surface area contributed by atoms with E-state index >= 15 is 0 Å². The van der Waals surface area contributed by atoms with E-state index in [1.807, 2.05) is 11.0 Å². The number of hydrogen-bond donors (Lipinski definition) is 0. The van der Waals surface area contributed by atoms with Gasteiger partial charge in [0.1, 0.15) is 0 Å². The molecule has 128 valence electrons. The first kappa shape index (κ1) is 17.2. The Morgan fingerprint density at radius 3 is 2.46 bits per heavy atom. The molecular weight excluding hydrogens is 348 g/mol. The maximum atomic E-state index is 12.9. The molecule has 1 aliphatic heterocycles. The van der Waals surface area contributed by atoms with E-state index in [2.05, 4.69) is 0 Å². The molecule has 1 heterocycles. The second-order valence-corrected chi connectivity index (χ2v) is 8.71. The Bertz CT molecular complexity index is 876. The Labute approximate surface area is 147 Å². The zero-order chi connectivity index (χ0) is 17.5. The van der Waals surface area contributed by atoms with Crippen molar-refractivity contribution in [3.05, 3.63) is 52.7 Å². The summed E-state index contributed by atoms with van der Waals surface area (Å²) in [6, 6.07) is 11.7. The number of hydrogen-bond acceptors (Lipinski definition) is 4. The fourth-order valence-electron chi connectivity index (χ4n) is 2.93. The van der Waals surface area contributed by atoms with Gasteiger partial charge in [-0.1, -0.05) is 23.7 Å². The van der Waals surface area contributed by atoms with Gasteiger partial charge in [-0.3, -0.25) is 0 Å². The minimum Gasteiger partial charge on any atom is -0.633 e. The number of benzene rings is 2. The van der Waals surface area contributed by atoms with Crippen LogP contribution in [0.1, 0.15) is 6.42 Å². The average Bonchev–Trinajstić information content (AvgIpc) is 2.49. The fraction of sp³-hybridized carbons (Fsp3) is 0.294. The molecule has 0 saturated carbocycles. The van der Waals surface area contributed by atoms with E-state index in [9.17, 15) is 13.6 Å². The van der Waals surface area contributed by atoms with Crippen LogP contribution in [0.3, 0.4) is 0 Å². The van der Waals surface area contributed by atoms with Crippen molar-refractivity contribution in [1.29, 1.82) is 0 Å². The van der Waals surface area contributed by atoms with Gasteiger partial charge < -0.3 is 14.8 Å². The third-order valence-corrected chi connectivity index (χ3v) is 6.11. The normalized spacial score (nSPS) is 15.8. The second-order valence-electron chi connectivity index (χ2n) is 6.39. The fourth-order valence-corrected chi connectivity index (χ4v) is 4.74. The van der Waals surface area contributed by atoms with Crippen LogP contribution in [0, 0.1) is 5.21 Å². The minimum atomic E-state index is -3.57. The van der Waals surface area contributed by atoms with Crippen LogP contribution in [0.25, 0.3) is 0 Å². The van der Waals surface area contributed by atoms with Crippen LogP contribution in [-0.2, 0) is 9.84 Å². The first-order chi connectivity index (χ1) is 11.2. The van der Waals surface area contributed by atoms with Crippen molar-refractivity contribution in [3.8, 4) is 0 Å². The number of nitrogens with zero attached hydrogens (tertiary/aromatic N) is 2. The number of quaternary nitrogens is 1. The molecule has 3 rings (SSSR count). The summed E-state index contributed by atoms with van der Waals surface area (Å²) in [6.45, 7) is 0.991. The Kier molecular flexibility index (Phi) is 4.34. The highest BCUT2D eigenvalue weighted by Crippen LogP contribution is 2.44. The lowest BCUT2D eigenvalue weighted by Gasteiger charge is -2.36. The molecule has 0 N–H and O–H groups in total. The lowest BCUT2D eigenvalue weighted by Crippen LogP contribution is -2.36. The first-order valence-corrected chi connectivity index (χ1v) is 9.51. The van der Waals surface area contributed by atoms with Crippen LogP contribution in [0.5, 0.6) is 0 Å². The van der Waals surface area contributed by atoms with E-state index in [1.54, 1.807) is 50.5 Å². The van der Waals surface area contributed by atoms with Crippen molar-refractivity contribution in [1.82, 2.24) is 0 Å². The van der Waals surface area contributed by atoms with Crippen molar-refractivity contribution < 1.29 is 13.1 Å². The number of halogens is 1. The summed E-state index contributed by atoms with van der Waals surface area (Å²) in [5.74, 6) is 0. The molecule has 0 saturated heterocycles. The molecule has 5 nitrogen and oxygen atoms in total. The van der Waals surface area contributed by atoms with E-state index < -0.39 is 9.84 Å². The molecule has 0 aromatic heterocycles. The van der Waals surface area contributed by atoms with Gasteiger partial charge in [0.2, 0.25) is 9.84 Å². The van der Waals surface area contributed by atoms with Gasteiger partial charge in [-0.25, -0.2) is 8.42 Å². The molecule has 0 fully saturated rings. The van der Waals surface area contributed by atoms with Gasteiger partial charge in [-0.2, -0.15) is 0 Å². The number of rotatable bonds is 4. The molecule has 0 atom stereocenters. The zero-order valence-corrected chi connectivity index (χ0v) is 15.1. The third-order valence-electron chi connectivity index (χ3n) is 4.03. The Balaban J connectivity index is 2.08. The van der Waals surface area contributed by atoms with Crippen LogP contribution >= 0.6 is 11.6 Å². The summed E-state index contributed by atoms with van der Waals surface area (Å²) in [7, 11) is -0.377. The van der Waals surface area contributed by atoms with Crippen LogP contribution in [0.15, 0.2) is 52.3 Å². The van der Waals surface area contributed by atoms with Gasteiger partial charge >= 0.3 is 0 Å². The largest absolute Gasteiger partial charge is 0.633 e. The molecule has 0 aliphatic carbocycles. The predicted octanol–water partition coefficient (Wildman–Crippen LogP) is 3.59. The van der Waals surface area contributed by atoms with Crippen molar-refractivity contribution >= 4 is 32.8 Å². The van der Waals surface area contributed by atoms with Crippen LogP contribution in [0.4, 0.5) is 11.4 Å². The summed E-state index contributed by atoms with van der Waals surface area (Å²) in [4.78, 5) is 2.48. The molecular formula is C17H19ClN2O3S. The number of fused-ring (bicyclic) bond motifs is 2. The number of sulfone groups is 1. The number of hydroxylamine groups is 3. The lowest BCUT2D eigenvalue weighted by molar-refractivity contribution is -0.840. The number of anilines is 2. The molecule has 0 amide bonds. The summed E-state index contributed by atoms with van der Waals surface area (Å²) < 4.78 is 25.3. The molecule has 0 radical (unpaired) electrons. The zero-order valence-electron chi connectivity index (χ0n) is 13.6. The Morgan fingerprint density at radius 1 is 1.08 bits per heavy atom. The smallest absolute Gasteiger partial charge is 0.210 e. The van der Waals surface area contributed by atoms with Crippen molar-refractivity contribution in [2.75, 3.05) is 32.1 Å².